The molecule has 676 valence electrons. The number of fused-ring (bicyclic) bond motifs is 8. The molecule has 0 amide bonds. The Morgan fingerprint density at radius 2 is 0.319 bits per heavy atom. The van der Waals surface area contributed by atoms with Crippen LogP contribution in [0.5, 0.6) is 0 Å². The summed E-state index contributed by atoms with van der Waals surface area (Å²) in [4.78, 5) is 20.8. The Hall–Kier alpha value is -18.5. The van der Waals surface area contributed by atoms with E-state index in [9.17, 15) is 0 Å². The molecular weight excluding hydrogens is 1740 g/mol. The molecule has 4 heteroatoms. The predicted molar refractivity (Wildman–Crippen MR) is 610 cm³/mol. The smallest absolute Gasteiger partial charge is 0.0894 e. The Labute approximate surface area is 838 Å². The van der Waals surface area contributed by atoms with Gasteiger partial charge < -0.3 is 0 Å². The highest BCUT2D eigenvalue weighted by atomic mass is 14.8. The van der Waals surface area contributed by atoms with Crippen molar-refractivity contribution in [2.75, 3.05) is 0 Å². The van der Waals surface area contributed by atoms with E-state index in [4.69, 9.17) is 19.9 Å². The molecule has 4 aromatic heterocycles. The Morgan fingerprint density at radius 1 is 0.125 bits per heavy atom. The first kappa shape index (κ1) is 87.1. The van der Waals surface area contributed by atoms with Gasteiger partial charge >= 0.3 is 0 Å². The summed E-state index contributed by atoms with van der Waals surface area (Å²) in [6.07, 6.45) is 3.69. The van der Waals surface area contributed by atoms with Crippen molar-refractivity contribution in [1.29, 1.82) is 0 Å². The van der Waals surface area contributed by atoms with Crippen LogP contribution in [0, 0.1) is 27.7 Å². The van der Waals surface area contributed by atoms with Crippen LogP contribution >= 0.6 is 0 Å². The van der Waals surface area contributed by atoms with Gasteiger partial charge in [-0.05, 0) is 313 Å². The fraction of sp³-hybridized carbons (Fsp3) is 0.0286. The molecule has 26 aromatic rings. The predicted octanol–water partition coefficient (Wildman–Crippen LogP) is 38.1. The molecule has 0 saturated heterocycles. The van der Waals surface area contributed by atoms with Crippen LogP contribution in [0.15, 0.2) is 510 Å². The molecule has 0 radical (unpaired) electrons. The minimum Gasteiger partial charge on any atom is -0.255 e. The zero-order chi connectivity index (χ0) is 96.2. The lowest BCUT2D eigenvalue weighted by Gasteiger charge is -2.22. The first-order valence-corrected chi connectivity index (χ1v) is 49.6. The number of hydrogen-bond acceptors (Lipinski definition) is 4. The van der Waals surface area contributed by atoms with Gasteiger partial charge in [-0.15, -0.1) is 0 Å². The van der Waals surface area contributed by atoms with Crippen LogP contribution < -0.4 is 0 Å². The molecule has 4 heterocycles. The van der Waals surface area contributed by atoms with Crippen molar-refractivity contribution < 1.29 is 0 Å². The first-order valence-electron chi connectivity index (χ1n) is 49.6. The van der Waals surface area contributed by atoms with Crippen molar-refractivity contribution in [2.45, 2.75) is 27.7 Å². The van der Waals surface area contributed by atoms with Gasteiger partial charge in [-0.25, -0.2) is 9.97 Å². The second-order valence-electron chi connectivity index (χ2n) is 37.6. The minimum atomic E-state index is 0.810. The lowest BCUT2D eigenvalue weighted by Crippen LogP contribution is -2.00. The van der Waals surface area contributed by atoms with E-state index in [0.29, 0.717) is 0 Å². The molecule has 0 spiro atoms. The zero-order valence-corrected chi connectivity index (χ0v) is 80.3. The molecule has 0 aliphatic carbocycles. The molecule has 26 rings (SSSR count). The Kier molecular flexibility index (Phi) is 22.6. The number of nitrogens with zero attached hydrogens (tertiary/aromatic N) is 4. The molecule has 144 heavy (non-hydrogen) atoms. The first-order chi connectivity index (χ1) is 71.2. The normalized spacial score (nSPS) is 11.5. The molecule has 0 N–H and O–H groups in total. The van der Waals surface area contributed by atoms with Gasteiger partial charge in [-0.1, -0.05) is 443 Å². The van der Waals surface area contributed by atoms with Crippen molar-refractivity contribution >= 4 is 86.2 Å². The summed E-state index contributed by atoms with van der Waals surface area (Å²) in [5, 5.41) is 19.8. The van der Waals surface area contributed by atoms with Crippen LogP contribution in [-0.2, 0) is 0 Å². The van der Waals surface area contributed by atoms with E-state index in [1.807, 2.05) is 48.8 Å². The van der Waals surface area contributed by atoms with Crippen LogP contribution in [0.25, 0.3) is 265 Å². The number of rotatable bonds is 16. The Morgan fingerprint density at radius 3 is 0.611 bits per heavy atom. The third kappa shape index (κ3) is 15.4. The van der Waals surface area contributed by atoms with Crippen molar-refractivity contribution in [2.24, 2.45) is 0 Å². The minimum absolute atomic E-state index is 0.810. The molecule has 22 aromatic carbocycles. The van der Waals surface area contributed by atoms with E-state index in [2.05, 4.69) is 489 Å². The van der Waals surface area contributed by atoms with Gasteiger partial charge in [0.2, 0.25) is 0 Å². The van der Waals surface area contributed by atoms with Crippen LogP contribution in [0.4, 0.5) is 0 Å². The van der Waals surface area contributed by atoms with Gasteiger partial charge in [0.05, 0.1) is 34.2 Å². The second-order valence-corrected chi connectivity index (χ2v) is 37.6. The van der Waals surface area contributed by atoms with Crippen molar-refractivity contribution in [3.05, 3.63) is 532 Å². The number of pyridine rings is 4. The number of hydrogen-bond donors (Lipinski definition) is 0. The van der Waals surface area contributed by atoms with Crippen molar-refractivity contribution in [3.8, 4) is 179 Å². The summed E-state index contributed by atoms with van der Waals surface area (Å²) < 4.78 is 0. The van der Waals surface area contributed by atoms with Gasteiger partial charge in [-0.3, -0.25) is 9.97 Å². The van der Waals surface area contributed by atoms with Gasteiger partial charge in [0.15, 0.2) is 0 Å². The third-order valence-electron chi connectivity index (χ3n) is 29.2. The van der Waals surface area contributed by atoms with E-state index in [1.54, 1.807) is 0 Å². The number of benzene rings is 22. The summed E-state index contributed by atoms with van der Waals surface area (Å²) in [6, 6.07) is 181. The highest BCUT2D eigenvalue weighted by Gasteiger charge is 2.29. The molecule has 0 aliphatic heterocycles. The maximum atomic E-state index is 5.70. The Bertz CT molecular complexity index is 9300. The van der Waals surface area contributed by atoms with Crippen LogP contribution in [0.1, 0.15) is 22.3 Å². The van der Waals surface area contributed by atoms with Crippen LogP contribution in [0.2, 0.25) is 0 Å². The lowest BCUT2D eigenvalue weighted by atomic mass is 9.82. The maximum Gasteiger partial charge on any atom is 0.0894 e. The largest absolute Gasteiger partial charge is 0.255 e. The van der Waals surface area contributed by atoms with E-state index in [-0.39, 0.29) is 0 Å². The van der Waals surface area contributed by atoms with Gasteiger partial charge in [0, 0.05) is 34.6 Å². The Balaban J connectivity index is 0.000000152. The van der Waals surface area contributed by atoms with Gasteiger partial charge in [-0.2, -0.15) is 0 Å². The highest BCUT2D eigenvalue weighted by Crippen LogP contribution is 2.55. The SMILES string of the molecule is Cc1cc(-c2c3ccccc3c(-c3ccccc3)c3ccccc23)c(C)cc1-c1ccc(-c2ccccn2)nc1-c1cc(C)c(-c2c3ccccc3c(-c3ccccc3)c3ccccc23)cc1C.c1ccc(-c2c3ccccc3c(-c3ccccc3-c3ccccc3-c3ccc(-c4ccccn4)nc3-c3ccccc3-c3ccccc3-c3c4ccccc4c(-c4ccccc4)c4ccccc34)c3ccccc23)cc1. The number of aromatic nitrogens is 4. The number of aryl methyl sites for hydroxylation is 4. The topological polar surface area (TPSA) is 51.6 Å². The average Bonchev–Trinajstić information content (AvgIpc) is 0.731. The third-order valence-corrected chi connectivity index (χ3v) is 29.2. The van der Waals surface area contributed by atoms with E-state index < -0.39 is 0 Å². The molecule has 0 unspecified atom stereocenters. The summed E-state index contributed by atoms with van der Waals surface area (Å²) in [5.41, 5.74) is 40.7. The molecule has 0 aliphatic rings. The van der Waals surface area contributed by atoms with Gasteiger partial charge in [0.25, 0.3) is 0 Å². The van der Waals surface area contributed by atoms with Crippen LogP contribution in [0.3, 0.4) is 0 Å². The highest BCUT2D eigenvalue weighted by molar-refractivity contribution is 6.27. The van der Waals surface area contributed by atoms with Crippen molar-refractivity contribution in [3.63, 3.8) is 0 Å². The molecule has 0 atom stereocenters. The summed E-state index contributed by atoms with van der Waals surface area (Å²) in [6.45, 7) is 9.03. The molecule has 0 bridgehead atoms. The molecule has 0 fully saturated rings. The maximum absolute atomic E-state index is 5.70. The van der Waals surface area contributed by atoms with Gasteiger partial charge in [0.1, 0.15) is 0 Å². The van der Waals surface area contributed by atoms with E-state index in [0.717, 1.165) is 89.8 Å². The average molecular weight is 1830 g/mol. The summed E-state index contributed by atoms with van der Waals surface area (Å²) in [5.74, 6) is 0. The standard InChI is InChI=1S/C74H48N2.C66H48N2/c1-3-25-49(26-4-1)70-58-36-14-18-40-62(58)72(63-41-19-15-37-59(63)70)56-34-12-9-30-52(56)51-29-7-8-32-54(51)67-46-47-69(68-45-23-24-48-75-68)76-74(67)66-44-22-11-33-55(66)53-31-10-13-35-57(53)73-64-42-20-16-38-60(64)71(50-27-5-2-6-28-50)61-39-17-21-43-65(61)73;1-41-38-57(64-51-29-15-11-25-47(51)62(45-21-7-5-8-22-45)48-26-12-16-30-52(48)64)42(2)37-56(41)55-34-35-61(60-33-19-20-36-67-60)68-66(55)59-40-43(3)58(39-44(59)4)65-53-31-17-13-27-49(53)63(46-23-9-6-10-24-46)50-28-14-18-32-54(50)65/h1-48H;5-40H,1-4H3. The van der Waals surface area contributed by atoms with E-state index >= 15 is 0 Å². The molecule has 0 saturated carbocycles. The lowest BCUT2D eigenvalue weighted by molar-refractivity contribution is 1.24. The fourth-order valence-corrected chi connectivity index (χ4v) is 22.9. The molecule has 4 nitrogen and oxygen atoms in total. The van der Waals surface area contributed by atoms with E-state index in [1.165, 1.54) is 197 Å². The van der Waals surface area contributed by atoms with Crippen LogP contribution in [-0.4, -0.2) is 19.9 Å². The fourth-order valence-electron chi connectivity index (χ4n) is 22.9. The second kappa shape index (κ2) is 37.4. The monoisotopic (exact) mass is 1830 g/mol. The zero-order valence-electron chi connectivity index (χ0n) is 80.3. The summed E-state index contributed by atoms with van der Waals surface area (Å²) >= 11 is 0. The molecular formula is C140H96N4. The van der Waals surface area contributed by atoms with Crippen molar-refractivity contribution in [1.82, 2.24) is 19.9 Å². The quantitative estimate of drug-likeness (QED) is 0.0905. The summed E-state index contributed by atoms with van der Waals surface area (Å²) in [7, 11) is 0.